The highest BCUT2D eigenvalue weighted by Gasteiger charge is 2.37. The number of amides is 3. The number of nitrogens with one attached hydrogen (secondary N) is 2. The molecule has 0 saturated heterocycles. The van der Waals surface area contributed by atoms with Crippen LogP contribution in [0.3, 0.4) is 0 Å². The molecule has 172 valence electrons. The summed E-state index contributed by atoms with van der Waals surface area (Å²) in [7, 11) is 0. The third-order valence-electron chi connectivity index (χ3n) is 6.02. The zero-order valence-corrected chi connectivity index (χ0v) is 19.6. The van der Waals surface area contributed by atoms with Crippen LogP contribution in [-0.2, 0) is 22.7 Å². The summed E-state index contributed by atoms with van der Waals surface area (Å²) in [6.07, 6.45) is 5.62. The molecule has 2 aliphatic rings. The fourth-order valence-electron chi connectivity index (χ4n) is 4.12. The fourth-order valence-corrected chi connectivity index (χ4v) is 4.57. The van der Waals surface area contributed by atoms with Gasteiger partial charge in [-0.15, -0.1) is 0 Å². The number of hydrogen-bond donors (Lipinski definition) is 2. The van der Waals surface area contributed by atoms with E-state index >= 15 is 0 Å². The second kappa shape index (κ2) is 10.4. The van der Waals surface area contributed by atoms with Crippen LogP contribution < -0.4 is 10.6 Å². The van der Waals surface area contributed by atoms with Gasteiger partial charge in [-0.2, -0.15) is 0 Å². The molecule has 1 aliphatic heterocycles. The van der Waals surface area contributed by atoms with Gasteiger partial charge in [0.25, 0.3) is 17.7 Å². The number of hydrogen-bond acceptors (Lipinski definition) is 4. The molecule has 0 unspecified atom stereocenters. The van der Waals surface area contributed by atoms with Crippen molar-refractivity contribution >= 4 is 40.9 Å². The van der Waals surface area contributed by atoms with Crippen LogP contribution >= 0.6 is 23.2 Å². The number of benzene rings is 2. The molecule has 0 aromatic heterocycles. The van der Waals surface area contributed by atoms with Gasteiger partial charge in [0.2, 0.25) is 0 Å². The Morgan fingerprint density at radius 3 is 2.33 bits per heavy atom. The molecule has 1 aliphatic carbocycles. The Kier molecular flexibility index (Phi) is 7.36. The molecule has 1 fully saturated rings. The van der Waals surface area contributed by atoms with Crippen LogP contribution in [-0.4, -0.2) is 28.7 Å². The molecule has 8 heteroatoms. The van der Waals surface area contributed by atoms with Gasteiger partial charge in [0.05, 0.1) is 6.54 Å². The second-order valence-electron chi connectivity index (χ2n) is 8.34. The smallest absolute Gasteiger partial charge is 0.278 e. The number of carbonyl (C=O) groups excluding carboxylic acids is 3. The van der Waals surface area contributed by atoms with Gasteiger partial charge in [0.15, 0.2) is 0 Å². The number of imide groups is 1. The van der Waals surface area contributed by atoms with E-state index in [4.69, 9.17) is 23.2 Å². The van der Waals surface area contributed by atoms with Crippen LogP contribution in [0.25, 0.3) is 0 Å². The molecule has 0 spiro atoms. The second-order valence-corrected chi connectivity index (χ2v) is 9.12. The van der Waals surface area contributed by atoms with E-state index in [9.17, 15) is 14.4 Å². The van der Waals surface area contributed by atoms with Gasteiger partial charge in [-0.25, -0.2) is 0 Å². The maximum absolute atomic E-state index is 12.8. The van der Waals surface area contributed by atoms with Crippen molar-refractivity contribution in [2.24, 2.45) is 0 Å². The van der Waals surface area contributed by atoms with Crippen molar-refractivity contribution in [2.75, 3.05) is 0 Å². The lowest BCUT2D eigenvalue weighted by atomic mass is 9.95. The molecule has 2 aromatic rings. The number of nitrogens with zero attached hydrogens (tertiary/aromatic N) is 1. The van der Waals surface area contributed by atoms with Gasteiger partial charge in [-0.05, 0) is 42.2 Å². The number of halogens is 2. The molecule has 33 heavy (non-hydrogen) atoms. The van der Waals surface area contributed by atoms with E-state index in [0.717, 1.165) is 36.1 Å². The van der Waals surface area contributed by atoms with Crippen LogP contribution in [0.15, 0.2) is 59.3 Å². The maximum atomic E-state index is 12.8. The molecule has 1 saturated carbocycles. The van der Waals surface area contributed by atoms with Crippen molar-refractivity contribution in [3.05, 3.63) is 81.0 Å². The van der Waals surface area contributed by atoms with Crippen molar-refractivity contribution in [2.45, 2.75) is 51.2 Å². The Hall–Kier alpha value is -2.83. The Labute approximate surface area is 202 Å². The summed E-state index contributed by atoms with van der Waals surface area (Å²) >= 11 is 12.3. The summed E-state index contributed by atoms with van der Waals surface area (Å²) < 4.78 is 0. The average molecular weight is 486 g/mol. The van der Waals surface area contributed by atoms with Crippen molar-refractivity contribution in [1.29, 1.82) is 0 Å². The normalized spacial score (nSPS) is 17.0. The molecule has 4 rings (SSSR count). The van der Waals surface area contributed by atoms with Crippen LogP contribution in [0, 0.1) is 0 Å². The Morgan fingerprint density at radius 2 is 1.64 bits per heavy atom. The minimum atomic E-state index is -0.557. The zero-order valence-electron chi connectivity index (χ0n) is 18.1. The Balaban J connectivity index is 1.35. The SMILES string of the molecule is O=C(NC1CCCCC1)c1ccc(CNC2=C(Cl)C(=O)N(Cc3ccccc3Cl)C2=O)cc1. The molecule has 0 radical (unpaired) electrons. The quantitative estimate of drug-likeness (QED) is 0.565. The highest BCUT2D eigenvalue weighted by atomic mass is 35.5. The molecule has 2 aromatic carbocycles. The van der Waals surface area contributed by atoms with Gasteiger partial charge in [0.1, 0.15) is 10.7 Å². The van der Waals surface area contributed by atoms with E-state index in [-0.39, 0.29) is 35.8 Å². The van der Waals surface area contributed by atoms with Crippen LogP contribution in [0.2, 0.25) is 5.02 Å². The lowest BCUT2D eigenvalue weighted by molar-refractivity contribution is -0.138. The van der Waals surface area contributed by atoms with Gasteiger partial charge in [-0.3, -0.25) is 19.3 Å². The fraction of sp³-hybridized carbons (Fsp3) is 0.320. The number of rotatable bonds is 7. The molecule has 2 N–H and O–H groups in total. The predicted molar refractivity (Wildman–Crippen MR) is 128 cm³/mol. The first kappa shape index (κ1) is 23.3. The zero-order chi connectivity index (χ0) is 23.4. The van der Waals surface area contributed by atoms with Gasteiger partial charge in [-0.1, -0.05) is 72.8 Å². The number of carbonyl (C=O) groups is 3. The minimum Gasteiger partial charge on any atom is -0.375 e. The van der Waals surface area contributed by atoms with E-state index in [2.05, 4.69) is 10.6 Å². The Bertz CT molecular complexity index is 1090. The first-order valence-corrected chi connectivity index (χ1v) is 11.8. The van der Waals surface area contributed by atoms with E-state index < -0.39 is 11.8 Å². The average Bonchev–Trinajstić information content (AvgIpc) is 3.03. The summed E-state index contributed by atoms with van der Waals surface area (Å²) in [4.78, 5) is 38.9. The molecule has 6 nitrogen and oxygen atoms in total. The maximum Gasteiger partial charge on any atom is 0.278 e. The monoisotopic (exact) mass is 485 g/mol. The van der Waals surface area contributed by atoms with E-state index in [0.29, 0.717) is 16.1 Å². The third-order valence-corrected chi connectivity index (χ3v) is 6.74. The lowest BCUT2D eigenvalue weighted by Crippen LogP contribution is -2.36. The molecule has 0 atom stereocenters. The first-order valence-electron chi connectivity index (χ1n) is 11.1. The van der Waals surface area contributed by atoms with Gasteiger partial charge < -0.3 is 10.6 Å². The molecule has 0 bridgehead atoms. The van der Waals surface area contributed by atoms with E-state index in [1.165, 1.54) is 6.42 Å². The molecule has 3 amide bonds. The predicted octanol–water partition coefficient (Wildman–Crippen LogP) is 4.51. The summed E-state index contributed by atoms with van der Waals surface area (Å²) in [5.74, 6) is -1.12. The lowest BCUT2D eigenvalue weighted by Gasteiger charge is -2.22. The topological polar surface area (TPSA) is 78.5 Å². The first-order chi connectivity index (χ1) is 15.9. The largest absolute Gasteiger partial charge is 0.375 e. The summed E-state index contributed by atoms with van der Waals surface area (Å²) in [5, 5.41) is 6.41. The minimum absolute atomic E-state index is 0.0452. The van der Waals surface area contributed by atoms with Crippen molar-refractivity contribution in [1.82, 2.24) is 15.5 Å². The van der Waals surface area contributed by atoms with Crippen LogP contribution in [0.1, 0.15) is 53.6 Å². The standard InChI is InChI=1S/C25H25Cl2N3O3/c26-20-9-5-4-6-18(20)15-30-24(32)21(27)22(25(30)33)28-14-16-10-12-17(13-11-16)23(31)29-19-7-2-1-3-8-19/h4-6,9-13,19,28H,1-3,7-8,14-15H2,(H,29,31). The Morgan fingerprint density at radius 1 is 0.939 bits per heavy atom. The van der Waals surface area contributed by atoms with E-state index in [1.807, 2.05) is 12.1 Å². The van der Waals surface area contributed by atoms with Crippen LogP contribution in [0.4, 0.5) is 0 Å². The molecular formula is C25H25Cl2N3O3. The summed E-state index contributed by atoms with van der Waals surface area (Å²) in [5.41, 5.74) is 2.17. The third kappa shape index (κ3) is 5.40. The van der Waals surface area contributed by atoms with Crippen molar-refractivity contribution < 1.29 is 14.4 Å². The molecular weight excluding hydrogens is 461 g/mol. The van der Waals surface area contributed by atoms with Gasteiger partial charge >= 0.3 is 0 Å². The van der Waals surface area contributed by atoms with Crippen LogP contribution in [0.5, 0.6) is 0 Å². The summed E-state index contributed by atoms with van der Waals surface area (Å²) in [6.45, 7) is 0.332. The highest BCUT2D eigenvalue weighted by molar-refractivity contribution is 6.47. The summed E-state index contributed by atoms with van der Waals surface area (Å²) in [6, 6.07) is 14.4. The van der Waals surface area contributed by atoms with E-state index in [1.54, 1.807) is 36.4 Å². The van der Waals surface area contributed by atoms with Gasteiger partial charge in [0, 0.05) is 23.2 Å². The highest BCUT2D eigenvalue weighted by Crippen LogP contribution is 2.26. The molecule has 1 heterocycles. The van der Waals surface area contributed by atoms with Crippen molar-refractivity contribution in [3.8, 4) is 0 Å². The van der Waals surface area contributed by atoms with Crippen molar-refractivity contribution in [3.63, 3.8) is 0 Å².